The maximum Gasteiger partial charge on any atom is 0.278 e. The van der Waals surface area contributed by atoms with Crippen LogP contribution in [0.3, 0.4) is 0 Å². The number of aryl methyl sites for hydroxylation is 1. The van der Waals surface area contributed by atoms with E-state index in [0.29, 0.717) is 35.0 Å². The lowest BCUT2D eigenvalue weighted by Gasteiger charge is -2.30. The zero-order chi connectivity index (χ0) is 28.1. The third-order valence-electron chi connectivity index (χ3n) is 7.21. The van der Waals surface area contributed by atoms with Crippen LogP contribution in [0.2, 0.25) is 0 Å². The van der Waals surface area contributed by atoms with E-state index in [-0.39, 0.29) is 18.1 Å². The molecular formula is C29H38N8O2. The summed E-state index contributed by atoms with van der Waals surface area (Å²) in [7, 11) is 4.01. The molecule has 10 heteroatoms. The molecule has 206 valence electrons. The van der Waals surface area contributed by atoms with Gasteiger partial charge in [0.1, 0.15) is 11.7 Å². The summed E-state index contributed by atoms with van der Waals surface area (Å²) in [4.78, 5) is 36.0. The summed E-state index contributed by atoms with van der Waals surface area (Å²) in [5.74, 6) is 1.30. The van der Waals surface area contributed by atoms with Crippen LogP contribution in [0.4, 0.5) is 11.6 Å². The van der Waals surface area contributed by atoms with Crippen LogP contribution in [-0.2, 0) is 11.3 Å². The summed E-state index contributed by atoms with van der Waals surface area (Å²) in [5, 5.41) is 10.1. The highest BCUT2D eigenvalue weighted by Crippen LogP contribution is 2.31. The first-order valence-corrected chi connectivity index (χ1v) is 13.3. The summed E-state index contributed by atoms with van der Waals surface area (Å²) in [6.07, 6.45) is 9.06. The van der Waals surface area contributed by atoms with Crippen molar-refractivity contribution in [1.29, 1.82) is 0 Å². The van der Waals surface area contributed by atoms with Crippen LogP contribution >= 0.6 is 0 Å². The number of fused-ring (bicyclic) bond motifs is 1. The van der Waals surface area contributed by atoms with Crippen LogP contribution in [0.1, 0.15) is 43.7 Å². The molecule has 0 radical (unpaired) electrons. The van der Waals surface area contributed by atoms with Gasteiger partial charge in [-0.25, -0.2) is 14.3 Å². The molecular weight excluding hydrogens is 492 g/mol. The molecule has 0 saturated carbocycles. The van der Waals surface area contributed by atoms with Gasteiger partial charge in [-0.05, 0) is 95.1 Å². The van der Waals surface area contributed by atoms with Gasteiger partial charge >= 0.3 is 0 Å². The number of likely N-dealkylation sites (tertiary alicyclic amines) is 1. The number of hydrogen-bond acceptors (Lipinski definition) is 8. The van der Waals surface area contributed by atoms with Crippen LogP contribution in [-0.4, -0.2) is 74.6 Å². The average Bonchev–Trinajstić information content (AvgIpc) is 3.18. The van der Waals surface area contributed by atoms with Gasteiger partial charge in [-0.3, -0.25) is 14.6 Å². The molecule has 0 bridgehead atoms. The lowest BCUT2D eigenvalue weighted by molar-refractivity contribution is -0.104. The van der Waals surface area contributed by atoms with Crippen molar-refractivity contribution in [3.63, 3.8) is 0 Å². The number of anilines is 2. The molecule has 1 aliphatic heterocycles. The first kappa shape index (κ1) is 28.0. The maximum absolute atomic E-state index is 13.3. The van der Waals surface area contributed by atoms with Crippen LogP contribution < -0.4 is 10.9 Å². The van der Waals surface area contributed by atoms with Crippen molar-refractivity contribution in [2.24, 2.45) is 5.10 Å². The second kappa shape index (κ2) is 12.2. The van der Waals surface area contributed by atoms with E-state index in [1.807, 2.05) is 20.9 Å². The second-order valence-corrected chi connectivity index (χ2v) is 10.3. The number of allylic oxidation sites excluding steroid dienone is 3. The molecule has 10 nitrogen and oxygen atoms in total. The fourth-order valence-corrected chi connectivity index (χ4v) is 4.82. The molecule has 0 spiro atoms. The number of benzene rings is 1. The Labute approximate surface area is 229 Å². The molecule has 1 aliphatic rings. The molecule has 3 heterocycles. The van der Waals surface area contributed by atoms with E-state index in [1.54, 1.807) is 21.8 Å². The van der Waals surface area contributed by atoms with Gasteiger partial charge in [0.25, 0.3) is 5.56 Å². The third kappa shape index (κ3) is 6.17. The molecule has 0 amide bonds. The normalized spacial score (nSPS) is 15.4. The van der Waals surface area contributed by atoms with Gasteiger partial charge in [0.05, 0.1) is 6.54 Å². The Morgan fingerprint density at radius 3 is 2.69 bits per heavy atom. The zero-order valence-corrected chi connectivity index (χ0v) is 23.5. The minimum Gasteiger partial charge on any atom is -0.324 e. The number of nitrogens with zero attached hydrogens (tertiary/aromatic N) is 7. The Balaban J connectivity index is 1.74. The predicted molar refractivity (Wildman–Crippen MR) is 157 cm³/mol. The van der Waals surface area contributed by atoms with Crippen LogP contribution in [0, 0.1) is 6.92 Å². The van der Waals surface area contributed by atoms with Crippen molar-refractivity contribution >= 4 is 34.8 Å². The molecule has 1 N–H and O–H groups in total. The standard InChI is InChI=1S/C29H38N8O2/c1-7-14-36-28(39)25-19-30-29(32-27(25)37(36)26(9-8-17-38)33-35(6)20(2)3)31-23-10-11-24(21(4)18-23)22-12-15-34(5)16-13-22/h7-11,17-20,22H,1,12-16H2,2-6H3,(H,30,31,32)/b9-8-,33-26+. The molecule has 1 fully saturated rings. The highest BCUT2D eigenvalue weighted by Gasteiger charge is 2.21. The van der Waals surface area contributed by atoms with E-state index >= 15 is 0 Å². The van der Waals surface area contributed by atoms with Crippen molar-refractivity contribution in [3.8, 4) is 0 Å². The minimum atomic E-state index is -0.269. The summed E-state index contributed by atoms with van der Waals surface area (Å²) in [6.45, 7) is 12.4. The highest BCUT2D eigenvalue weighted by atomic mass is 16.1. The lowest BCUT2D eigenvalue weighted by Crippen LogP contribution is -2.30. The van der Waals surface area contributed by atoms with Crippen molar-refractivity contribution in [1.82, 2.24) is 29.2 Å². The summed E-state index contributed by atoms with van der Waals surface area (Å²) in [6, 6.07) is 6.47. The van der Waals surface area contributed by atoms with Gasteiger partial charge in [-0.15, -0.1) is 6.58 Å². The number of carbonyl (C=O) groups is 1. The van der Waals surface area contributed by atoms with Crippen LogP contribution in [0.15, 0.2) is 59.1 Å². The molecule has 0 atom stereocenters. The number of rotatable bonds is 9. The zero-order valence-electron chi connectivity index (χ0n) is 23.5. The van der Waals surface area contributed by atoms with Crippen molar-refractivity contribution in [2.75, 3.05) is 32.5 Å². The van der Waals surface area contributed by atoms with E-state index in [2.05, 4.69) is 59.1 Å². The Bertz CT molecular complexity index is 1460. The molecule has 2 aromatic heterocycles. The summed E-state index contributed by atoms with van der Waals surface area (Å²) < 4.78 is 3.10. The van der Waals surface area contributed by atoms with E-state index in [1.165, 1.54) is 28.1 Å². The van der Waals surface area contributed by atoms with E-state index in [0.717, 1.165) is 31.6 Å². The fourth-order valence-electron chi connectivity index (χ4n) is 4.82. The molecule has 39 heavy (non-hydrogen) atoms. The number of piperidine rings is 1. The van der Waals surface area contributed by atoms with Gasteiger partial charge < -0.3 is 10.2 Å². The molecule has 4 rings (SSSR count). The van der Waals surface area contributed by atoms with Gasteiger partial charge in [-0.2, -0.15) is 10.1 Å². The molecule has 3 aromatic rings. The second-order valence-electron chi connectivity index (χ2n) is 10.3. The Morgan fingerprint density at radius 2 is 2.05 bits per heavy atom. The van der Waals surface area contributed by atoms with Crippen LogP contribution in [0.25, 0.3) is 11.0 Å². The Morgan fingerprint density at radius 1 is 1.31 bits per heavy atom. The smallest absolute Gasteiger partial charge is 0.278 e. The number of hydrazone groups is 1. The Kier molecular flexibility index (Phi) is 8.75. The maximum atomic E-state index is 13.3. The number of aldehydes is 1. The Hall–Kier alpha value is -4.05. The van der Waals surface area contributed by atoms with Crippen molar-refractivity contribution in [2.45, 2.75) is 52.1 Å². The quantitative estimate of drug-likeness (QED) is 0.112. The molecule has 1 aromatic carbocycles. The largest absolute Gasteiger partial charge is 0.324 e. The predicted octanol–water partition coefficient (Wildman–Crippen LogP) is 3.90. The fraction of sp³-hybridized carbons (Fsp3) is 0.414. The number of nitrogens with one attached hydrogen (secondary N) is 1. The molecule has 1 saturated heterocycles. The van der Waals surface area contributed by atoms with Crippen molar-refractivity contribution in [3.05, 3.63) is 70.7 Å². The average molecular weight is 531 g/mol. The first-order chi connectivity index (χ1) is 18.7. The van der Waals surface area contributed by atoms with Gasteiger partial charge in [-0.1, -0.05) is 12.1 Å². The highest BCUT2D eigenvalue weighted by molar-refractivity contribution is 6.01. The van der Waals surface area contributed by atoms with Gasteiger partial charge in [0, 0.05) is 25.0 Å². The monoisotopic (exact) mass is 530 g/mol. The van der Waals surface area contributed by atoms with E-state index in [9.17, 15) is 9.59 Å². The van der Waals surface area contributed by atoms with Crippen molar-refractivity contribution < 1.29 is 4.79 Å². The van der Waals surface area contributed by atoms with E-state index < -0.39 is 0 Å². The van der Waals surface area contributed by atoms with Gasteiger partial charge in [0.2, 0.25) is 5.95 Å². The number of aromatic nitrogens is 4. The minimum absolute atomic E-state index is 0.0959. The molecule has 0 aliphatic carbocycles. The third-order valence-corrected chi connectivity index (χ3v) is 7.21. The SMILES string of the molecule is C=CCn1c(=O)c2cnc(Nc3ccc(C4CCN(C)CC4)c(C)c3)nc2n1C(/C=C\C=O)=N/N(C)C(C)C. The van der Waals surface area contributed by atoms with E-state index in [4.69, 9.17) is 4.98 Å². The summed E-state index contributed by atoms with van der Waals surface area (Å²) >= 11 is 0. The first-order valence-electron chi connectivity index (χ1n) is 13.3. The van der Waals surface area contributed by atoms with Crippen LogP contribution in [0.5, 0.6) is 0 Å². The lowest BCUT2D eigenvalue weighted by atomic mass is 9.87. The van der Waals surface area contributed by atoms with Gasteiger partial charge in [0.15, 0.2) is 11.5 Å². The number of carbonyl (C=O) groups excluding carboxylic acids is 1. The number of hydrogen-bond donors (Lipinski definition) is 1. The summed E-state index contributed by atoms with van der Waals surface area (Å²) in [5.41, 5.74) is 3.60. The molecule has 0 unspecified atom stereocenters. The topological polar surface area (TPSA) is 101 Å².